The van der Waals surface area contributed by atoms with E-state index in [2.05, 4.69) is 5.32 Å². The van der Waals surface area contributed by atoms with Crippen LogP contribution < -0.4 is 5.32 Å². The first kappa shape index (κ1) is 15.0. The van der Waals surface area contributed by atoms with Crippen molar-refractivity contribution in [1.29, 1.82) is 0 Å². The zero-order valence-corrected chi connectivity index (χ0v) is 11.2. The van der Waals surface area contributed by atoms with Gasteiger partial charge in [0.25, 0.3) is 0 Å². The van der Waals surface area contributed by atoms with E-state index >= 15 is 0 Å². The van der Waals surface area contributed by atoms with E-state index in [0.717, 1.165) is 12.8 Å². The first-order valence-electron chi connectivity index (χ1n) is 6.66. The summed E-state index contributed by atoms with van der Waals surface area (Å²) in [6.07, 6.45) is 2.97. The maximum atomic E-state index is 11.9. The van der Waals surface area contributed by atoms with Gasteiger partial charge in [0.2, 0.25) is 5.91 Å². The zero-order valence-electron chi connectivity index (χ0n) is 11.2. The molecule has 104 valence electrons. The number of carbonyl (C=O) groups is 2. The molecule has 0 aromatic heterocycles. The Labute approximate surface area is 108 Å². The standard InChI is InChI=1S/C13H23NO4/c1-3-10(4-2)9-11(15)14-13(12(16)17)5-7-18-8-6-13/h10H,3-9H2,1-2H3,(H,14,15)(H,16,17). The highest BCUT2D eigenvalue weighted by atomic mass is 16.5. The average Bonchev–Trinajstić information content (AvgIpc) is 2.36. The van der Waals surface area contributed by atoms with Crippen LogP contribution in [0.25, 0.3) is 0 Å². The number of aliphatic carboxylic acids is 1. The number of carboxylic acid groups (broad SMARTS) is 1. The third kappa shape index (κ3) is 3.70. The number of hydrogen-bond acceptors (Lipinski definition) is 3. The maximum Gasteiger partial charge on any atom is 0.329 e. The highest BCUT2D eigenvalue weighted by Gasteiger charge is 2.41. The molecule has 0 bridgehead atoms. The second-order valence-corrected chi connectivity index (χ2v) is 4.93. The minimum Gasteiger partial charge on any atom is -0.480 e. The number of carbonyl (C=O) groups excluding carboxylic acids is 1. The van der Waals surface area contributed by atoms with Crippen LogP contribution in [-0.4, -0.2) is 35.7 Å². The van der Waals surface area contributed by atoms with Gasteiger partial charge in [0.15, 0.2) is 0 Å². The lowest BCUT2D eigenvalue weighted by Gasteiger charge is -2.34. The van der Waals surface area contributed by atoms with Gasteiger partial charge in [0.05, 0.1) is 0 Å². The van der Waals surface area contributed by atoms with Crippen molar-refractivity contribution in [2.24, 2.45) is 5.92 Å². The van der Waals surface area contributed by atoms with Crippen LogP contribution >= 0.6 is 0 Å². The summed E-state index contributed by atoms with van der Waals surface area (Å²) in [5.74, 6) is -0.785. The summed E-state index contributed by atoms with van der Waals surface area (Å²) < 4.78 is 5.17. The zero-order chi connectivity index (χ0) is 13.6. The Bertz CT molecular complexity index is 293. The summed E-state index contributed by atoms with van der Waals surface area (Å²) in [5.41, 5.74) is -1.12. The van der Waals surface area contributed by atoms with E-state index in [1.807, 2.05) is 13.8 Å². The fourth-order valence-electron chi connectivity index (χ4n) is 2.27. The minimum atomic E-state index is -1.12. The smallest absolute Gasteiger partial charge is 0.329 e. The molecule has 1 amide bonds. The Morgan fingerprint density at radius 2 is 1.83 bits per heavy atom. The molecular weight excluding hydrogens is 234 g/mol. The molecule has 5 heteroatoms. The fraction of sp³-hybridized carbons (Fsp3) is 0.846. The van der Waals surface area contributed by atoms with E-state index in [4.69, 9.17) is 4.74 Å². The van der Waals surface area contributed by atoms with Crippen LogP contribution in [0.5, 0.6) is 0 Å². The molecule has 1 aliphatic heterocycles. The van der Waals surface area contributed by atoms with Crippen molar-refractivity contribution >= 4 is 11.9 Å². The number of nitrogens with one attached hydrogen (secondary N) is 1. The van der Waals surface area contributed by atoms with Crippen molar-refractivity contribution < 1.29 is 19.4 Å². The van der Waals surface area contributed by atoms with Gasteiger partial charge in [-0.05, 0) is 5.92 Å². The molecule has 0 aromatic carbocycles. The molecule has 0 unspecified atom stereocenters. The molecule has 1 heterocycles. The molecule has 5 nitrogen and oxygen atoms in total. The van der Waals surface area contributed by atoms with Crippen molar-refractivity contribution in [1.82, 2.24) is 5.32 Å². The molecule has 0 spiro atoms. The Kier molecular flexibility index (Phi) is 5.59. The third-order valence-corrected chi connectivity index (χ3v) is 3.76. The summed E-state index contributed by atoms with van der Waals surface area (Å²) in [4.78, 5) is 23.3. The number of ether oxygens (including phenoxy) is 1. The molecule has 0 aliphatic carbocycles. The molecule has 0 radical (unpaired) electrons. The van der Waals surface area contributed by atoms with Crippen molar-refractivity contribution in [2.45, 2.75) is 51.5 Å². The van der Waals surface area contributed by atoms with Gasteiger partial charge in [-0.1, -0.05) is 26.7 Å². The van der Waals surface area contributed by atoms with Crippen LogP contribution in [0.2, 0.25) is 0 Å². The molecule has 18 heavy (non-hydrogen) atoms. The first-order valence-corrected chi connectivity index (χ1v) is 6.66. The quantitative estimate of drug-likeness (QED) is 0.757. The molecule has 0 atom stereocenters. The Balaban J connectivity index is 2.61. The second kappa shape index (κ2) is 6.73. The van der Waals surface area contributed by atoms with Crippen molar-refractivity contribution in [3.63, 3.8) is 0 Å². The van der Waals surface area contributed by atoms with Crippen LogP contribution in [0.3, 0.4) is 0 Å². The van der Waals surface area contributed by atoms with Crippen LogP contribution in [-0.2, 0) is 14.3 Å². The van der Waals surface area contributed by atoms with Gasteiger partial charge >= 0.3 is 5.97 Å². The van der Waals surface area contributed by atoms with Gasteiger partial charge in [0.1, 0.15) is 5.54 Å². The van der Waals surface area contributed by atoms with E-state index < -0.39 is 11.5 Å². The topological polar surface area (TPSA) is 75.6 Å². The largest absolute Gasteiger partial charge is 0.480 e. The van der Waals surface area contributed by atoms with Gasteiger partial charge < -0.3 is 15.2 Å². The number of hydrogen-bond donors (Lipinski definition) is 2. The van der Waals surface area contributed by atoms with Crippen molar-refractivity contribution in [3.05, 3.63) is 0 Å². The second-order valence-electron chi connectivity index (χ2n) is 4.93. The molecule has 0 aromatic rings. The highest BCUT2D eigenvalue weighted by molar-refractivity contribution is 5.87. The molecule has 1 rings (SSSR count). The third-order valence-electron chi connectivity index (χ3n) is 3.76. The molecule has 0 saturated carbocycles. The van der Waals surface area contributed by atoms with E-state index in [0.29, 0.717) is 38.4 Å². The summed E-state index contributed by atoms with van der Waals surface area (Å²) in [6.45, 7) is 4.86. The molecule has 2 N–H and O–H groups in total. The van der Waals surface area contributed by atoms with E-state index in [9.17, 15) is 14.7 Å². The Morgan fingerprint density at radius 3 is 2.28 bits per heavy atom. The van der Waals surface area contributed by atoms with Gasteiger partial charge in [-0.3, -0.25) is 4.79 Å². The SMILES string of the molecule is CCC(CC)CC(=O)NC1(C(=O)O)CCOCC1. The minimum absolute atomic E-state index is 0.159. The molecule has 1 saturated heterocycles. The lowest BCUT2D eigenvalue weighted by molar-refractivity contribution is -0.152. The van der Waals surface area contributed by atoms with Crippen LogP contribution in [0, 0.1) is 5.92 Å². The van der Waals surface area contributed by atoms with Crippen LogP contribution in [0.15, 0.2) is 0 Å². The fourth-order valence-corrected chi connectivity index (χ4v) is 2.27. The number of amides is 1. The maximum absolute atomic E-state index is 11.9. The lowest BCUT2D eigenvalue weighted by atomic mass is 9.89. The summed E-state index contributed by atoms with van der Waals surface area (Å²) in [7, 11) is 0. The van der Waals surface area contributed by atoms with E-state index in [1.165, 1.54) is 0 Å². The predicted molar refractivity (Wildman–Crippen MR) is 67.3 cm³/mol. The van der Waals surface area contributed by atoms with Crippen LogP contribution in [0.1, 0.15) is 46.0 Å². The molecule has 1 aliphatic rings. The highest BCUT2D eigenvalue weighted by Crippen LogP contribution is 2.22. The summed E-state index contributed by atoms with van der Waals surface area (Å²) >= 11 is 0. The Hall–Kier alpha value is -1.10. The summed E-state index contributed by atoms with van der Waals surface area (Å²) in [5, 5.41) is 12.0. The lowest BCUT2D eigenvalue weighted by Crippen LogP contribution is -2.57. The average molecular weight is 257 g/mol. The van der Waals surface area contributed by atoms with E-state index in [-0.39, 0.29) is 5.91 Å². The molecule has 1 fully saturated rings. The van der Waals surface area contributed by atoms with Crippen molar-refractivity contribution in [2.75, 3.05) is 13.2 Å². The Morgan fingerprint density at radius 1 is 1.28 bits per heavy atom. The van der Waals surface area contributed by atoms with Gasteiger partial charge in [-0.15, -0.1) is 0 Å². The monoisotopic (exact) mass is 257 g/mol. The molecular formula is C13H23NO4. The van der Waals surface area contributed by atoms with Gasteiger partial charge in [-0.25, -0.2) is 4.79 Å². The first-order chi connectivity index (χ1) is 8.54. The van der Waals surface area contributed by atoms with Gasteiger partial charge in [-0.2, -0.15) is 0 Å². The normalized spacial score (nSPS) is 18.6. The number of carboxylic acids is 1. The summed E-state index contributed by atoms with van der Waals surface area (Å²) in [6, 6.07) is 0. The number of rotatable bonds is 6. The van der Waals surface area contributed by atoms with E-state index in [1.54, 1.807) is 0 Å². The van der Waals surface area contributed by atoms with Gasteiger partial charge in [0, 0.05) is 32.5 Å². The predicted octanol–water partition coefficient (Wildman–Crippen LogP) is 1.56. The van der Waals surface area contributed by atoms with Crippen LogP contribution in [0.4, 0.5) is 0 Å². The van der Waals surface area contributed by atoms with Crippen molar-refractivity contribution in [3.8, 4) is 0 Å².